The van der Waals surface area contributed by atoms with E-state index in [1.54, 1.807) is 25.3 Å². The summed E-state index contributed by atoms with van der Waals surface area (Å²) in [6.45, 7) is 1.89. The van der Waals surface area contributed by atoms with Crippen LogP contribution in [-0.4, -0.2) is 45.4 Å². The van der Waals surface area contributed by atoms with Gasteiger partial charge in [-0.3, -0.25) is 0 Å². The Kier molecular flexibility index (Phi) is 6.05. The Morgan fingerprint density at radius 1 is 1.21 bits per heavy atom. The van der Waals surface area contributed by atoms with Crippen molar-refractivity contribution in [2.45, 2.75) is 6.92 Å². The highest BCUT2D eigenvalue weighted by Crippen LogP contribution is 2.35. The first-order valence-corrected chi connectivity index (χ1v) is 10.1. The normalized spacial score (nSPS) is 12.0. The van der Waals surface area contributed by atoms with E-state index in [4.69, 9.17) is 9.47 Å². The van der Waals surface area contributed by atoms with Gasteiger partial charge in [0.2, 0.25) is 0 Å². The summed E-state index contributed by atoms with van der Waals surface area (Å²) in [5.74, 6) is 1.12. The standard InChI is InChI=1S/C19H20FN3O4S/c1-11-6-13(20)15(8-16(11)24)23-19-12-7-17(26-2)18(27-4-5-28(3)25)9-14(12)21-10-22-19/h6-10,24H,4-5H2,1-3H3,(H,21,22,23). The number of fused-ring (bicyclic) bond motifs is 1. The number of hydrogen-bond acceptors (Lipinski definition) is 7. The third-order valence-corrected chi connectivity index (χ3v) is 4.83. The molecule has 0 amide bonds. The van der Waals surface area contributed by atoms with E-state index in [1.165, 1.54) is 25.6 Å². The van der Waals surface area contributed by atoms with E-state index in [-0.39, 0.29) is 18.0 Å². The lowest BCUT2D eigenvalue weighted by Crippen LogP contribution is -2.12. The van der Waals surface area contributed by atoms with Gasteiger partial charge >= 0.3 is 0 Å². The zero-order valence-electron chi connectivity index (χ0n) is 15.7. The summed E-state index contributed by atoms with van der Waals surface area (Å²) in [4.78, 5) is 8.41. The molecule has 0 aliphatic heterocycles. The van der Waals surface area contributed by atoms with E-state index < -0.39 is 17.0 Å². The van der Waals surface area contributed by atoms with Crippen molar-refractivity contribution < 1.29 is 23.5 Å². The third kappa shape index (κ3) is 4.37. The molecule has 0 radical (unpaired) electrons. The van der Waals surface area contributed by atoms with Gasteiger partial charge in [0.1, 0.15) is 36.1 Å². The number of aromatic hydroxyl groups is 1. The first kappa shape index (κ1) is 20.0. The van der Waals surface area contributed by atoms with Gasteiger partial charge in [-0.25, -0.2) is 14.4 Å². The van der Waals surface area contributed by atoms with Crippen LogP contribution in [0.5, 0.6) is 17.2 Å². The van der Waals surface area contributed by atoms with Gasteiger partial charge < -0.3 is 24.4 Å². The highest BCUT2D eigenvalue weighted by molar-refractivity contribution is 7.90. The molecule has 3 rings (SSSR count). The molecule has 3 aromatic rings. The van der Waals surface area contributed by atoms with E-state index in [0.29, 0.717) is 39.5 Å². The molecule has 0 saturated heterocycles. The van der Waals surface area contributed by atoms with Crippen molar-refractivity contribution in [1.29, 1.82) is 0 Å². The number of benzene rings is 2. The van der Waals surface area contributed by atoms with Gasteiger partial charge in [-0.15, -0.1) is 0 Å². The Hall–Kier alpha value is -2.78. The minimum atomic E-state index is -0.965. The van der Waals surface area contributed by atoms with Gasteiger partial charge in [-0.05, 0) is 24.6 Å². The van der Waals surface area contributed by atoms with Crippen molar-refractivity contribution in [2.75, 3.05) is 31.0 Å². The van der Waals surface area contributed by atoms with E-state index >= 15 is 0 Å². The van der Waals surface area contributed by atoms with Crippen LogP contribution in [0.25, 0.3) is 10.9 Å². The number of nitrogens with zero attached hydrogens (tertiary/aromatic N) is 2. The topological polar surface area (TPSA) is 99.6 Å². The van der Waals surface area contributed by atoms with E-state index in [2.05, 4.69) is 15.3 Å². The van der Waals surface area contributed by atoms with Gasteiger partial charge in [-0.1, -0.05) is 11.2 Å². The fourth-order valence-electron chi connectivity index (χ4n) is 2.59. The van der Waals surface area contributed by atoms with Crippen LogP contribution in [0.15, 0.2) is 30.6 Å². The Morgan fingerprint density at radius 3 is 2.71 bits per heavy atom. The number of rotatable bonds is 7. The number of halogens is 1. The fourth-order valence-corrected chi connectivity index (χ4v) is 2.91. The molecule has 0 spiro atoms. The number of anilines is 2. The van der Waals surface area contributed by atoms with Gasteiger partial charge in [0, 0.05) is 17.5 Å². The number of aryl methyl sites for hydroxylation is 1. The Labute approximate surface area is 164 Å². The van der Waals surface area contributed by atoms with Gasteiger partial charge in [0.25, 0.3) is 0 Å². The lowest BCUT2D eigenvalue weighted by atomic mass is 10.1. The van der Waals surface area contributed by atoms with Crippen molar-refractivity contribution in [2.24, 2.45) is 0 Å². The van der Waals surface area contributed by atoms with Crippen LogP contribution in [0, 0.1) is 12.7 Å². The number of phenols is 1. The van der Waals surface area contributed by atoms with Crippen LogP contribution >= 0.6 is 0 Å². The van der Waals surface area contributed by atoms with Gasteiger partial charge in [-0.2, -0.15) is 0 Å². The molecule has 2 aromatic carbocycles. The number of aromatic nitrogens is 2. The highest BCUT2D eigenvalue weighted by atomic mass is 32.2. The van der Waals surface area contributed by atoms with Crippen LogP contribution in [-0.2, 0) is 11.2 Å². The van der Waals surface area contributed by atoms with Crippen molar-refractivity contribution in [3.8, 4) is 17.2 Å². The minimum Gasteiger partial charge on any atom is -0.616 e. The van der Waals surface area contributed by atoms with Crippen LogP contribution in [0.4, 0.5) is 15.9 Å². The molecular formula is C19H20FN3O4S. The number of phenolic OH excluding ortho intramolecular Hbond substituents is 1. The molecular weight excluding hydrogens is 385 g/mol. The summed E-state index contributed by atoms with van der Waals surface area (Å²) in [5, 5.41) is 13.3. The average Bonchev–Trinajstić information content (AvgIpc) is 2.65. The number of methoxy groups -OCH3 is 1. The SMILES string of the molecule is COc1cc2c(Nc3cc(O)c(C)cc3F)ncnc2cc1OCC[S+](C)[O-]. The van der Waals surface area contributed by atoms with E-state index in [1.807, 2.05) is 0 Å². The van der Waals surface area contributed by atoms with Crippen LogP contribution < -0.4 is 14.8 Å². The minimum absolute atomic E-state index is 0.0242. The third-order valence-electron chi connectivity index (χ3n) is 4.09. The maximum absolute atomic E-state index is 14.2. The number of nitrogens with one attached hydrogen (secondary N) is 1. The summed E-state index contributed by atoms with van der Waals surface area (Å²) in [7, 11) is 1.50. The molecule has 2 N–H and O–H groups in total. The van der Waals surface area contributed by atoms with E-state index in [9.17, 15) is 14.0 Å². The molecule has 0 fully saturated rings. The lowest BCUT2D eigenvalue weighted by molar-refractivity contribution is 0.312. The molecule has 0 aliphatic rings. The predicted molar refractivity (Wildman–Crippen MR) is 107 cm³/mol. The molecule has 0 aliphatic carbocycles. The second kappa shape index (κ2) is 8.49. The van der Waals surface area contributed by atoms with Gasteiger partial charge in [0.05, 0.1) is 24.6 Å². The van der Waals surface area contributed by atoms with Crippen LogP contribution in [0.1, 0.15) is 5.56 Å². The molecule has 28 heavy (non-hydrogen) atoms. The molecule has 0 saturated carbocycles. The second-order valence-corrected chi connectivity index (χ2v) is 7.67. The molecule has 1 unspecified atom stereocenters. The summed E-state index contributed by atoms with van der Waals surface area (Å²) in [6, 6.07) is 5.91. The van der Waals surface area contributed by atoms with Crippen molar-refractivity contribution in [1.82, 2.24) is 9.97 Å². The molecule has 148 valence electrons. The van der Waals surface area contributed by atoms with Crippen LogP contribution in [0.2, 0.25) is 0 Å². The molecule has 9 heteroatoms. The Balaban J connectivity index is 1.97. The first-order chi connectivity index (χ1) is 13.4. The second-order valence-electron chi connectivity index (χ2n) is 6.11. The summed E-state index contributed by atoms with van der Waals surface area (Å²) in [5.41, 5.74) is 1.09. The maximum Gasteiger partial charge on any atom is 0.163 e. The number of ether oxygens (including phenoxy) is 2. The highest BCUT2D eigenvalue weighted by Gasteiger charge is 2.14. The fraction of sp³-hybridized carbons (Fsp3) is 0.263. The van der Waals surface area contributed by atoms with Crippen molar-refractivity contribution in [3.05, 3.63) is 42.0 Å². The van der Waals surface area contributed by atoms with Crippen molar-refractivity contribution in [3.63, 3.8) is 0 Å². The molecule has 1 heterocycles. The maximum atomic E-state index is 14.2. The lowest BCUT2D eigenvalue weighted by Gasteiger charge is -2.14. The molecule has 1 atom stereocenters. The zero-order chi connectivity index (χ0) is 20.3. The van der Waals surface area contributed by atoms with Crippen molar-refractivity contribution >= 4 is 33.6 Å². The average molecular weight is 405 g/mol. The Morgan fingerprint density at radius 2 is 2.00 bits per heavy atom. The smallest absolute Gasteiger partial charge is 0.163 e. The zero-order valence-corrected chi connectivity index (χ0v) is 16.5. The molecule has 7 nitrogen and oxygen atoms in total. The molecule has 0 bridgehead atoms. The van der Waals surface area contributed by atoms with E-state index in [0.717, 1.165) is 0 Å². The summed E-state index contributed by atoms with van der Waals surface area (Å²) >= 11 is -0.965. The van der Waals surface area contributed by atoms with Crippen LogP contribution in [0.3, 0.4) is 0 Å². The molecule has 1 aromatic heterocycles. The quantitative estimate of drug-likeness (QED) is 0.582. The number of hydrogen-bond donors (Lipinski definition) is 2. The predicted octanol–water partition coefficient (Wildman–Crippen LogP) is 3.29. The monoisotopic (exact) mass is 405 g/mol. The Bertz CT molecular complexity index is 1000. The van der Waals surface area contributed by atoms with Gasteiger partial charge in [0.15, 0.2) is 11.5 Å². The summed E-state index contributed by atoms with van der Waals surface area (Å²) < 4.78 is 36.5. The summed E-state index contributed by atoms with van der Waals surface area (Å²) in [6.07, 6.45) is 2.95. The largest absolute Gasteiger partial charge is 0.616 e. The first-order valence-electron chi connectivity index (χ1n) is 8.40.